The fourth-order valence-corrected chi connectivity index (χ4v) is 1.96. The van der Waals surface area contributed by atoms with Gasteiger partial charge in [-0.3, -0.25) is 0 Å². The van der Waals surface area contributed by atoms with E-state index in [1.54, 1.807) is 6.07 Å². The smallest absolute Gasteiger partial charge is 0.401 e. The van der Waals surface area contributed by atoms with Crippen LogP contribution in [0.4, 0.5) is 13.2 Å². The first kappa shape index (κ1) is 16.3. The number of nitrogens with one attached hydrogen (secondary N) is 1. The minimum Gasteiger partial charge on any atom is -0.490 e. The molecule has 19 heavy (non-hydrogen) atoms. The molecule has 2 N–H and O–H groups in total. The van der Waals surface area contributed by atoms with Crippen molar-refractivity contribution in [2.45, 2.75) is 19.2 Å². The van der Waals surface area contributed by atoms with Gasteiger partial charge in [-0.15, -0.1) is 0 Å². The van der Waals surface area contributed by atoms with Gasteiger partial charge in [-0.05, 0) is 40.5 Å². The van der Waals surface area contributed by atoms with Gasteiger partial charge in [0.15, 0.2) is 0 Å². The summed E-state index contributed by atoms with van der Waals surface area (Å²) in [6, 6.07) is 5.42. The number of aliphatic hydroxyl groups is 1. The van der Waals surface area contributed by atoms with Crippen molar-refractivity contribution in [1.82, 2.24) is 5.32 Å². The van der Waals surface area contributed by atoms with E-state index < -0.39 is 18.8 Å². The van der Waals surface area contributed by atoms with E-state index in [2.05, 4.69) is 21.2 Å². The molecule has 0 heterocycles. The Balaban J connectivity index is 2.32. The van der Waals surface area contributed by atoms with Crippen molar-refractivity contribution in [1.29, 1.82) is 0 Å². The molecule has 0 radical (unpaired) electrons. The summed E-state index contributed by atoms with van der Waals surface area (Å²) in [6.45, 7) is 0.540. The van der Waals surface area contributed by atoms with E-state index in [4.69, 9.17) is 4.74 Å². The maximum atomic E-state index is 11.9. The molecule has 108 valence electrons. The Morgan fingerprint density at radius 1 is 1.42 bits per heavy atom. The molecule has 0 spiro atoms. The van der Waals surface area contributed by atoms with Crippen molar-refractivity contribution < 1.29 is 23.0 Å². The second-order valence-electron chi connectivity index (χ2n) is 4.14. The molecule has 0 amide bonds. The molecule has 3 nitrogen and oxygen atoms in total. The molecule has 0 saturated heterocycles. The van der Waals surface area contributed by atoms with Crippen LogP contribution >= 0.6 is 15.9 Å². The van der Waals surface area contributed by atoms with Crippen LogP contribution in [0.15, 0.2) is 22.7 Å². The molecular weight excluding hydrogens is 327 g/mol. The topological polar surface area (TPSA) is 41.5 Å². The summed E-state index contributed by atoms with van der Waals surface area (Å²) in [5, 5.41) is 11.6. The van der Waals surface area contributed by atoms with Crippen LogP contribution < -0.4 is 10.1 Å². The number of rotatable bonds is 6. The van der Waals surface area contributed by atoms with E-state index in [9.17, 15) is 18.3 Å². The standard InChI is InChI=1S/C12H15BrF3NO2/c1-8-2-3-11(10(13)4-8)19-6-9(18)5-17-7-12(14,15)16/h2-4,9,17-18H,5-7H2,1H3. The van der Waals surface area contributed by atoms with Gasteiger partial charge in [0.1, 0.15) is 18.5 Å². The largest absolute Gasteiger partial charge is 0.490 e. The Labute approximate surface area is 117 Å². The molecule has 0 bridgehead atoms. The van der Waals surface area contributed by atoms with E-state index >= 15 is 0 Å². The van der Waals surface area contributed by atoms with E-state index in [0.717, 1.165) is 10.0 Å². The van der Waals surface area contributed by atoms with Gasteiger partial charge in [-0.25, -0.2) is 0 Å². The SMILES string of the molecule is Cc1ccc(OCC(O)CNCC(F)(F)F)c(Br)c1. The molecule has 1 aromatic rings. The highest BCUT2D eigenvalue weighted by molar-refractivity contribution is 9.10. The van der Waals surface area contributed by atoms with Crippen molar-refractivity contribution in [3.63, 3.8) is 0 Å². The van der Waals surface area contributed by atoms with Crippen LogP contribution in [0.3, 0.4) is 0 Å². The van der Waals surface area contributed by atoms with Crippen LogP contribution in [0.5, 0.6) is 5.75 Å². The normalized spacial score (nSPS) is 13.4. The average Bonchev–Trinajstić information content (AvgIpc) is 2.26. The van der Waals surface area contributed by atoms with Crippen LogP contribution in [-0.4, -0.2) is 37.1 Å². The highest BCUT2D eigenvalue weighted by atomic mass is 79.9. The van der Waals surface area contributed by atoms with E-state index in [-0.39, 0.29) is 13.2 Å². The number of hydrogen-bond donors (Lipinski definition) is 2. The Morgan fingerprint density at radius 3 is 2.68 bits per heavy atom. The van der Waals surface area contributed by atoms with E-state index in [1.807, 2.05) is 19.1 Å². The zero-order valence-electron chi connectivity index (χ0n) is 10.3. The summed E-state index contributed by atoms with van der Waals surface area (Å²) in [5.41, 5.74) is 1.05. The molecule has 0 aliphatic heterocycles. The molecular formula is C12H15BrF3NO2. The quantitative estimate of drug-likeness (QED) is 0.835. The second kappa shape index (κ2) is 7.12. The van der Waals surface area contributed by atoms with Gasteiger partial charge >= 0.3 is 6.18 Å². The van der Waals surface area contributed by atoms with Gasteiger partial charge in [0, 0.05) is 6.54 Å². The maximum absolute atomic E-state index is 11.9. The lowest BCUT2D eigenvalue weighted by atomic mass is 10.2. The summed E-state index contributed by atoms with van der Waals surface area (Å²) >= 11 is 3.30. The number of hydrogen-bond acceptors (Lipinski definition) is 3. The van der Waals surface area contributed by atoms with Crippen molar-refractivity contribution >= 4 is 15.9 Å². The molecule has 0 aromatic heterocycles. The predicted octanol–water partition coefficient (Wildman–Crippen LogP) is 2.65. The second-order valence-corrected chi connectivity index (χ2v) is 5.00. The Kier molecular flexibility index (Phi) is 6.09. The molecule has 1 unspecified atom stereocenters. The van der Waals surface area contributed by atoms with Gasteiger partial charge in [0.25, 0.3) is 0 Å². The number of benzene rings is 1. The number of halogens is 4. The molecule has 1 atom stereocenters. The van der Waals surface area contributed by atoms with Gasteiger partial charge in [-0.1, -0.05) is 6.07 Å². The van der Waals surface area contributed by atoms with Crippen LogP contribution in [0.25, 0.3) is 0 Å². The van der Waals surface area contributed by atoms with Gasteiger partial charge in [0.2, 0.25) is 0 Å². The number of aliphatic hydroxyl groups excluding tert-OH is 1. The van der Waals surface area contributed by atoms with Crippen molar-refractivity contribution in [3.8, 4) is 5.75 Å². The van der Waals surface area contributed by atoms with Crippen molar-refractivity contribution in [3.05, 3.63) is 28.2 Å². The lowest BCUT2D eigenvalue weighted by molar-refractivity contribution is -0.125. The van der Waals surface area contributed by atoms with Crippen LogP contribution in [0, 0.1) is 6.92 Å². The Bertz CT molecular complexity index is 412. The Hall–Kier alpha value is -0.790. The monoisotopic (exact) mass is 341 g/mol. The fourth-order valence-electron chi connectivity index (χ4n) is 1.35. The first-order valence-corrected chi connectivity index (χ1v) is 6.42. The lowest BCUT2D eigenvalue weighted by Gasteiger charge is -2.15. The third-order valence-electron chi connectivity index (χ3n) is 2.22. The molecule has 1 rings (SSSR count). The van der Waals surface area contributed by atoms with Crippen LogP contribution in [0.1, 0.15) is 5.56 Å². The van der Waals surface area contributed by atoms with Crippen LogP contribution in [0.2, 0.25) is 0 Å². The predicted molar refractivity (Wildman–Crippen MR) is 69.3 cm³/mol. The minimum absolute atomic E-state index is 0.0769. The lowest BCUT2D eigenvalue weighted by Crippen LogP contribution is -2.37. The van der Waals surface area contributed by atoms with Gasteiger partial charge < -0.3 is 15.2 Å². The summed E-state index contributed by atoms with van der Waals surface area (Å²) in [6.07, 6.45) is -5.28. The third kappa shape index (κ3) is 6.79. The minimum atomic E-state index is -4.28. The molecule has 0 fully saturated rings. The molecule has 0 saturated carbocycles. The van der Waals surface area contributed by atoms with Gasteiger partial charge in [0.05, 0.1) is 11.0 Å². The third-order valence-corrected chi connectivity index (χ3v) is 2.84. The summed E-state index contributed by atoms with van der Waals surface area (Å²) in [4.78, 5) is 0. The highest BCUT2D eigenvalue weighted by Crippen LogP contribution is 2.25. The van der Waals surface area contributed by atoms with Crippen molar-refractivity contribution in [2.75, 3.05) is 19.7 Å². The number of aryl methyl sites for hydroxylation is 1. The number of alkyl halides is 3. The van der Waals surface area contributed by atoms with Gasteiger partial charge in [-0.2, -0.15) is 13.2 Å². The summed E-state index contributed by atoms with van der Waals surface area (Å²) in [7, 11) is 0. The average molecular weight is 342 g/mol. The van der Waals surface area contributed by atoms with E-state index in [0.29, 0.717) is 5.75 Å². The maximum Gasteiger partial charge on any atom is 0.401 e. The molecule has 0 aliphatic rings. The highest BCUT2D eigenvalue weighted by Gasteiger charge is 2.26. The summed E-state index contributed by atoms with van der Waals surface area (Å²) in [5.74, 6) is 0.542. The van der Waals surface area contributed by atoms with Crippen LogP contribution in [-0.2, 0) is 0 Å². The first-order chi connectivity index (χ1) is 8.78. The van der Waals surface area contributed by atoms with Crippen molar-refractivity contribution in [2.24, 2.45) is 0 Å². The summed E-state index contributed by atoms with van der Waals surface area (Å²) < 4.78 is 41.7. The molecule has 0 aliphatic carbocycles. The molecule has 7 heteroatoms. The zero-order chi connectivity index (χ0) is 14.5. The van der Waals surface area contributed by atoms with E-state index in [1.165, 1.54) is 0 Å². The molecule has 1 aromatic carbocycles. The zero-order valence-corrected chi connectivity index (χ0v) is 11.9. The number of ether oxygens (including phenoxy) is 1. The Morgan fingerprint density at radius 2 is 2.11 bits per heavy atom. The first-order valence-electron chi connectivity index (χ1n) is 5.62. The fraction of sp³-hybridized carbons (Fsp3) is 0.500.